The number of hydrogen-bond acceptors (Lipinski definition) is 3. The van der Waals surface area contributed by atoms with Crippen molar-refractivity contribution in [1.82, 2.24) is 4.98 Å². The average Bonchev–Trinajstić information content (AvgIpc) is 2.33. The van der Waals surface area contributed by atoms with Crippen molar-refractivity contribution in [1.29, 1.82) is 0 Å². The number of anilines is 1. The first-order valence-corrected chi connectivity index (χ1v) is 5.07. The fourth-order valence-corrected chi connectivity index (χ4v) is 1.56. The van der Waals surface area contributed by atoms with Gasteiger partial charge in [-0.25, -0.2) is 4.98 Å². The minimum absolute atomic E-state index is 0.618. The smallest absolute Gasteiger partial charge is 0.213 e. The number of ether oxygens (including phenoxy) is 1. The lowest BCUT2D eigenvalue weighted by molar-refractivity contribution is 0.398. The van der Waals surface area contributed by atoms with Crippen LogP contribution < -0.4 is 10.5 Å². The maximum atomic E-state index is 5.79. The van der Waals surface area contributed by atoms with E-state index in [1.54, 1.807) is 13.3 Å². The molecule has 1 aromatic heterocycles. The van der Waals surface area contributed by atoms with Gasteiger partial charge < -0.3 is 10.5 Å². The van der Waals surface area contributed by atoms with Crippen molar-refractivity contribution in [2.45, 2.75) is 6.92 Å². The molecule has 3 nitrogen and oxygen atoms in total. The molecule has 2 aromatic rings. The van der Waals surface area contributed by atoms with Crippen LogP contribution in [0.4, 0.5) is 5.69 Å². The lowest BCUT2D eigenvalue weighted by atomic mass is 10.0. The van der Waals surface area contributed by atoms with Crippen LogP contribution in [-0.2, 0) is 0 Å². The van der Waals surface area contributed by atoms with E-state index in [2.05, 4.69) is 11.1 Å². The van der Waals surface area contributed by atoms with Crippen molar-refractivity contribution < 1.29 is 4.74 Å². The molecule has 2 N–H and O–H groups in total. The molecule has 82 valence electrons. The van der Waals surface area contributed by atoms with Crippen LogP contribution in [0.25, 0.3) is 11.1 Å². The van der Waals surface area contributed by atoms with Gasteiger partial charge in [-0.05, 0) is 41.8 Å². The molecule has 0 atom stereocenters. The fourth-order valence-electron chi connectivity index (χ4n) is 1.56. The molecule has 0 spiro atoms. The number of nitrogens with two attached hydrogens (primary N) is 1. The van der Waals surface area contributed by atoms with Gasteiger partial charge in [0.05, 0.1) is 7.11 Å². The van der Waals surface area contributed by atoms with Gasteiger partial charge >= 0.3 is 0 Å². The molecular weight excluding hydrogens is 200 g/mol. The molecule has 0 fully saturated rings. The topological polar surface area (TPSA) is 48.1 Å². The summed E-state index contributed by atoms with van der Waals surface area (Å²) in [6, 6.07) is 9.83. The van der Waals surface area contributed by atoms with E-state index >= 15 is 0 Å². The number of nitrogens with zero attached hydrogens (tertiary/aromatic N) is 1. The van der Waals surface area contributed by atoms with E-state index in [-0.39, 0.29) is 0 Å². The summed E-state index contributed by atoms with van der Waals surface area (Å²) in [6.07, 6.45) is 1.74. The van der Waals surface area contributed by atoms with Crippen LogP contribution in [0.5, 0.6) is 5.88 Å². The summed E-state index contributed by atoms with van der Waals surface area (Å²) in [6.45, 7) is 2.00. The molecule has 3 heteroatoms. The molecular formula is C13H14N2O. The van der Waals surface area contributed by atoms with Crippen LogP contribution >= 0.6 is 0 Å². The van der Waals surface area contributed by atoms with Crippen LogP contribution in [0, 0.1) is 6.92 Å². The Morgan fingerprint density at radius 3 is 2.56 bits per heavy atom. The van der Waals surface area contributed by atoms with Crippen molar-refractivity contribution in [3.63, 3.8) is 0 Å². The molecule has 0 bridgehead atoms. The summed E-state index contributed by atoms with van der Waals surface area (Å²) in [5.74, 6) is 0.618. The number of aromatic nitrogens is 1. The SMILES string of the molecule is COc1cc(-c2ccc(N)c(C)c2)ccn1. The van der Waals surface area contributed by atoms with Crippen LogP contribution in [0.1, 0.15) is 5.56 Å². The molecule has 0 saturated heterocycles. The van der Waals surface area contributed by atoms with Gasteiger partial charge in [-0.1, -0.05) is 6.07 Å². The molecule has 1 heterocycles. The number of hydrogen-bond donors (Lipinski definition) is 1. The average molecular weight is 214 g/mol. The summed E-state index contributed by atoms with van der Waals surface area (Å²) in [5.41, 5.74) is 9.87. The molecule has 2 rings (SSSR count). The number of benzene rings is 1. The molecule has 0 aliphatic rings. The Labute approximate surface area is 94.9 Å². The summed E-state index contributed by atoms with van der Waals surface area (Å²) < 4.78 is 5.09. The van der Waals surface area contributed by atoms with Crippen LogP contribution in [0.2, 0.25) is 0 Å². The van der Waals surface area contributed by atoms with Gasteiger partial charge in [0.2, 0.25) is 5.88 Å². The summed E-state index contributed by atoms with van der Waals surface area (Å²) in [4.78, 5) is 4.08. The maximum Gasteiger partial charge on any atom is 0.213 e. The lowest BCUT2D eigenvalue weighted by Gasteiger charge is -2.06. The van der Waals surface area contributed by atoms with Gasteiger partial charge in [0, 0.05) is 18.0 Å². The summed E-state index contributed by atoms with van der Waals surface area (Å²) in [7, 11) is 1.61. The van der Waals surface area contributed by atoms with Gasteiger partial charge in [0.1, 0.15) is 0 Å². The second-order valence-corrected chi connectivity index (χ2v) is 3.66. The van der Waals surface area contributed by atoms with Crippen LogP contribution in [0.15, 0.2) is 36.5 Å². The number of aryl methyl sites for hydroxylation is 1. The molecule has 0 radical (unpaired) electrons. The Morgan fingerprint density at radius 2 is 1.88 bits per heavy atom. The summed E-state index contributed by atoms with van der Waals surface area (Å²) >= 11 is 0. The first-order chi connectivity index (χ1) is 7.70. The van der Waals surface area contributed by atoms with Gasteiger partial charge in [-0.3, -0.25) is 0 Å². The number of rotatable bonds is 2. The predicted molar refractivity (Wildman–Crippen MR) is 65.4 cm³/mol. The molecule has 0 saturated carbocycles. The zero-order chi connectivity index (χ0) is 11.5. The Morgan fingerprint density at radius 1 is 1.12 bits per heavy atom. The van der Waals surface area contributed by atoms with E-state index in [0.717, 1.165) is 22.4 Å². The van der Waals surface area contributed by atoms with Crippen molar-refractivity contribution >= 4 is 5.69 Å². The zero-order valence-electron chi connectivity index (χ0n) is 9.40. The van der Waals surface area contributed by atoms with Crippen molar-refractivity contribution in [2.75, 3.05) is 12.8 Å². The second kappa shape index (κ2) is 4.23. The van der Waals surface area contributed by atoms with Crippen molar-refractivity contribution in [2.24, 2.45) is 0 Å². The minimum Gasteiger partial charge on any atom is -0.481 e. The van der Waals surface area contributed by atoms with Gasteiger partial charge in [0.15, 0.2) is 0 Å². The standard InChI is InChI=1S/C13H14N2O/c1-9-7-10(3-4-12(9)14)11-5-6-15-13(8-11)16-2/h3-8H,14H2,1-2H3. The highest BCUT2D eigenvalue weighted by Gasteiger charge is 2.02. The lowest BCUT2D eigenvalue weighted by Crippen LogP contribution is -1.91. The van der Waals surface area contributed by atoms with Crippen LogP contribution in [-0.4, -0.2) is 12.1 Å². The molecule has 0 aliphatic carbocycles. The Kier molecular flexibility index (Phi) is 2.77. The predicted octanol–water partition coefficient (Wildman–Crippen LogP) is 2.65. The molecule has 16 heavy (non-hydrogen) atoms. The van der Waals surface area contributed by atoms with Crippen molar-refractivity contribution in [3.8, 4) is 17.0 Å². The van der Waals surface area contributed by atoms with Gasteiger partial charge in [-0.15, -0.1) is 0 Å². The van der Waals surface area contributed by atoms with Crippen LogP contribution in [0.3, 0.4) is 0 Å². The Balaban J connectivity index is 2.46. The fraction of sp³-hybridized carbons (Fsp3) is 0.154. The monoisotopic (exact) mass is 214 g/mol. The van der Waals surface area contributed by atoms with Gasteiger partial charge in [-0.2, -0.15) is 0 Å². The van der Waals surface area contributed by atoms with E-state index in [1.807, 2.05) is 31.2 Å². The van der Waals surface area contributed by atoms with Crippen molar-refractivity contribution in [3.05, 3.63) is 42.1 Å². The van der Waals surface area contributed by atoms with Gasteiger partial charge in [0.25, 0.3) is 0 Å². The first kappa shape index (κ1) is 10.5. The maximum absolute atomic E-state index is 5.79. The van der Waals surface area contributed by atoms with E-state index < -0.39 is 0 Å². The summed E-state index contributed by atoms with van der Waals surface area (Å²) in [5, 5.41) is 0. The Hall–Kier alpha value is -2.03. The second-order valence-electron chi connectivity index (χ2n) is 3.66. The highest BCUT2D eigenvalue weighted by atomic mass is 16.5. The first-order valence-electron chi connectivity index (χ1n) is 5.07. The highest BCUT2D eigenvalue weighted by molar-refractivity contribution is 5.68. The number of pyridine rings is 1. The third kappa shape index (κ3) is 1.98. The molecule has 0 unspecified atom stereocenters. The largest absolute Gasteiger partial charge is 0.481 e. The quantitative estimate of drug-likeness (QED) is 0.782. The molecule has 1 aromatic carbocycles. The normalized spacial score (nSPS) is 10.1. The van der Waals surface area contributed by atoms with E-state index in [9.17, 15) is 0 Å². The highest BCUT2D eigenvalue weighted by Crippen LogP contribution is 2.25. The molecule has 0 amide bonds. The third-order valence-corrected chi connectivity index (χ3v) is 2.55. The third-order valence-electron chi connectivity index (χ3n) is 2.55. The molecule has 0 aliphatic heterocycles. The number of methoxy groups -OCH3 is 1. The minimum atomic E-state index is 0.618. The van der Waals surface area contributed by atoms with E-state index in [1.165, 1.54) is 0 Å². The Bertz CT molecular complexity index is 509. The van der Waals surface area contributed by atoms with E-state index in [4.69, 9.17) is 10.5 Å². The zero-order valence-corrected chi connectivity index (χ0v) is 9.40. The van der Waals surface area contributed by atoms with E-state index in [0.29, 0.717) is 5.88 Å². The number of nitrogen functional groups attached to an aromatic ring is 1.